The number of likely N-dealkylation sites (tertiary alicyclic amines) is 1. The number of aliphatic carboxylic acids is 1. The van der Waals surface area contributed by atoms with Gasteiger partial charge in [0.15, 0.2) is 0 Å². The minimum absolute atomic E-state index is 0.119. The van der Waals surface area contributed by atoms with Crippen LogP contribution < -0.4 is 0 Å². The Labute approximate surface area is 126 Å². The molecule has 1 unspecified atom stereocenters. The fourth-order valence-corrected chi connectivity index (χ4v) is 4.08. The third kappa shape index (κ3) is 4.19. The summed E-state index contributed by atoms with van der Waals surface area (Å²) < 4.78 is 0. The van der Waals surface area contributed by atoms with Crippen LogP contribution in [0.25, 0.3) is 0 Å². The summed E-state index contributed by atoms with van der Waals surface area (Å²) in [6, 6.07) is 0.243. The molecule has 0 aromatic carbocycles. The predicted molar refractivity (Wildman–Crippen MR) is 78.8 cm³/mol. The lowest BCUT2D eigenvalue weighted by atomic mass is 9.79. The molecule has 5 heteroatoms. The highest BCUT2D eigenvalue weighted by atomic mass is 16.4. The highest BCUT2D eigenvalue weighted by Crippen LogP contribution is 2.44. The minimum atomic E-state index is -0.789. The van der Waals surface area contributed by atoms with Gasteiger partial charge in [-0.3, -0.25) is 9.59 Å². The number of nitrogens with zero attached hydrogens (tertiary/aromatic N) is 1. The zero-order valence-corrected chi connectivity index (χ0v) is 12.7. The topological polar surface area (TPSA) is 77.8 Å². The lowest BCUT2D eigenvalue weighted by Gasteiger charge is -2.31. The molecule has 0 aromatic rings. The Kier molecular flexibility index (Phi) is 5.62. The van der Waals surface area contributed by atoms with E-state index in [1.807, 2.05) is 4.90 Å². The lowest BCUT2D eigenvalue weighted by molar-refractivity contribution is -0.141. The van der Waals surface area contributed by atoms with Gasteiger partial charge in [-0.2, -0.15) is 0 Å². The van der Waals surface area contributed by atoms with Crippen molar-refractivity contribution in [3.63, 3.8) is 0 Å². The van der Waals surface area contributed by atoms with Crippen LogP contribution >= 0.6 is 0 Å². The van der Waals surface area contributed by atoms with Crippen molar-refractivity contribution in [1.29, 1.82) is 0 Å². The molecular formula is C16H27NO4. The number of carbonyl (C=O) groups is 2. The van der Waals surface area contributed by atoms with Crippen molar-refractivity contribution in [3.05, 3.63) is 0 Å². The number of hydrogen-bond acceptors (Lipinski definition) is 3. The third-order valence-corrected chi connectivity index (χ3v) is 5.11. The second kappa shape index (κ2) is 7.25. The monoisotopic (exact) mass is 297 g/mol. The smallest absolute Gasteiger partial charge is 0.303 e. The third-order valence-electron chi connectivity index (χ3n) is 5.11. The number of rotatable bonds is 7. The molecule has 5 nitrogen and oxygen atoms in total. The molecule has 2 aliphatic rings. The number of carbonyl (C=O) groups excluding carboxylic acids is 1. The van der Waals surface area contributed by atoms with Crippen LogP contribution in [0.5, 0.6) is 0 Å². The largest absolute Gasteiger partial charge is 0.481 e. The molecule has 1 saturated carbocycles. The van der Waals surface area contributed by atoms with Gasteiger partial charge < -0.3 is 15.1 Å². The van der Waals surface area contributed by atoms with Crippen molar-refractivity contribution >= 4 is 11.9 Å². The van der Waals surface area contributed by atoms with Crippen molar-refractivity contribution in [2.75, 3.05) is 13.2 Å². The van der Waals surface area contributed by atoms with E-state index in [0.29, 0.717) is 6.42 Å². The number of aliphatic hydroxyl groups is 1. The highest BCUT2D eigenvalue weighted by Gasteiger charge is 2.40. The maximum absolute atomic E-state index is 12.6. The zero-order chi connectivity index (χ0) is 15.3. The maximum Gasteiger partial charge on any atom is 0.303 e. The van der Waals surface area contributed by atoms with E-state index in [9.17, 15) is 9.59 Å². The van der Waals surface area contributed by atoms with Crippen molar-refractivity contribution in [1.82, 2.24) is 4.90 Å². The normalized spacial score (nSPS) is 24.4. The first kappa shape index (κ1) is 16.3. The van der Waals surface area contributed by atoms with E-state index >= 15 is 0 Å². The van der Waals surface area contributed by atoms with Gasteiger partial charge in [-0.1, -0.05) is 12.8 Å². The Morgan fingerprint density at radius 3 is 2.48 bits per heavy atom. The van der Waals surface area contributed by atoms with Gasteiger partial charge in [-0.25, -0.2) is 0 Å². The number of aliphatic hydroxyl groups excluding tert-OH is 1. The molecule has 0 bridgehead atoms. The SMILES string of the molecule is O=C(O)CC1(CC(=O)N2CCCC2CCCO)CCCC1. The Morgan fingerprint density at radius 1 is 1.14 bits per heavy atom. The molecule has 120 valence electrons. The average Bonchev–Trinajstić information content (AvgIpc) is 3.04. The highest BCUT2D eigenvalue weighted by molar-refractivity contribution is 5.79. The van der Waals surface area contributed by atoms with Crippen LogP contribution in [0.3, 0.4) is 0 Å². The first-order valence-corrected chi connectivity index (χ1v) is 8.18. The van der Waals surface area contributed by atoms with Gasteiger partial charge in [0, 0.05) is 25.6 Å². The average molecular weight is 297 g/mol. The van der Waals surface area contributed by atoms with Crippen molar-refractivity contribution < 1.29 is 19.8 Å². The van der Waals surface area contributed by atoms with Crippen molar-refractivity contribution in [2.24, 2.45) is 5.41 Å². The zero-order valence-electron chi connectivity index (χ0n) is 12.7. The summed E-state index contributed by atoms with van der Waals surface area (Å²) in [6.07, 6.45) is 7.92. The summed E-state index contributed by atoms with van der Waals surface area (Å²) in [5.74, 6) is -0.665. The van der Waals surface area contributed by atoms with Crippen LogP contribution in [0, 0.1) is 5.41 Å². The molecule has 2 fully saturated rings. The maximum atomic E-state index is 12.6. The van der Waals surface area contributed by atoms with E-state index in [1.165, 1.54) is 0 Å². The summed E-state index contributed by atoms with van der Waals surface area (Å²) in [4.78, 5) is 25.7. The van der Waals surface area contributed by atoms with Crippen molar-refractivity contribution in [3.8, 4) is 0 Å². The molecule has 1 amide bonds. The van der Waals surface area contributed by atoms with Gasteiger partial charge in [0.1, 0.15) is 0 Å². The quantitative estimate of drug-likeness (QED) is 0.755. The van der Waals surface area contributed by atoms with Gasteiger partial charge in [0.2, 0.25) is 5.91 Å². The van der Waals surface area contributed by atoms with E-state index in [2.05, 4.69) is 0 Å². The second-order valence-corrected chi connectivity index (χ2v) is 6.70. The second-order valence-electron chi connectivity index (χ2n) is 6.70. The Hall–Kier alpha value is -1.10. The Bertz CT molecular complexity index is 376. The van der Waals surface area contributed by atoms with Gasteiger partial charge in [0.05, 0.1) is 6.42 Å². The van der Waals surface area contributed by atoms with Crippen LogP contribution in [0.2, 0.25) is 0 Å². The van der Waals surface area contributed by atoms with E-state index < -0.39 is 5.97 Å². The number of carboxylic acid groups (broad SMARTS) is 1. The first-order chi connectivity index (χ1) is 10.1. The van der Waals surface area contributed by atoms with E-state index in [1.54, 1.807) is 0 Å². The van der Waals surface area contributed by atoms with Gasteiger partial charge in [-0.05, 0) is 43.9 Å². The predicted octanol–water partition coefficient (Wildman–Crippen LogP) is 2.18. The molecule has 0 aromatic heterocycles. The van der Waals surface area contributed by atoms with Crippen LogP contribution in [0.4, 0.5) is 0 Å². The lowest BCUT2D eigenvalue weighted by Crippen LogP contribution is -2.39. The van der Waals surface area contributed by atoms with Crippen LogP contribution in [0.1, 0.15) is 64.2 Å². The molecular weight excluding hydrogens is 270 g/mol. The Morgan fingerprint density at radius 2 is 1.86 bits per heavy atom. The molecule has 2 N–H and O–H groups in total. The van der Waals surface area contributed by atoms with Gasteiger partial charge in [-0.15, -0.1) is 0 Å². The summed E-state index contributed by atoms with van der Waals surface area (Å²) in [5, 5.41) is 18.1. The van der Waals surface area contributed by atoms with Crippen LogP contribution in [0.15, 0.2) is 0 Å². The molecule has 21 heavy (non-hydrogen) atoms. The molecule has 0 radical (unpaired) electrons. The van der Waals surface area contributed by atoms with Crippen LogP contribution in [-0.2, 0) is 9.59 Å². The minimum Gasteiger partial charge on any atom is -0.481 e. The van der Waals surface area contributed by atoms with Crippen molar-refractivity contribution in [2.45, 2.75) is 70.3 Å². The molecule has 1 saturated heterocycles. The molecule has 1 atom stereocenters. The van der Waals surface area contributed by atoms with E-state index in [0.717, 1.165) is 57.9 Å². The number of hydrogen-bond donors (Lipinski definition) is 2. The standard InChI is InChI=1S/C16H27NO4/c18-10-4-6-13-5-3-9-17(13)14(19)11-16(12-15(20)21)7-1-2-8-16/h13,18H,1-12H2,(H,20,21). The Balaban J connectivity index is 1.96. The summed E-state index contributed by atoms with van der Waals surface area (Å²) in [7, 11) is 0. The van der Waals surface area contributed by atoms with Gasteiger partial charge >= 0.3 is 5.97 Å². The first-order valence-electron chi connectivity index (χ1n) is 8.18. The number of carboxylic acids is 1. The summed E-state index contributed by atoms with van der Waals surface area (Å²) >= 11 is 0. The molecule has 0 spiro atoms. The number of amides is 1. The molecule has 1 aliphatic heterocycles. The molecule has 2 rings (SSSR count). The fraction of sp³-hybridized carbons (Fsp3) is 0.875. The van der Waals surface area contributed by atoms with E-state index in [-0.39, 0.29) is 30.4 Å². The molecule has 1 heterocycles. The van der Waals surface area contributed by atoms with Crippen LogP contribution in [-0.4, -0.2) is 46.2 Å². The van der Waals surface area contributed by atoms with E-state index in [4.69, 9.17) is 10.2 Å². The summed E-state index contributed by atoms with van der Waals surface area (Å²) in [5.41, 5.74) is -0.312. The van der Waals surface area contributed by atoms with Gasteiger partial charge in [0.25, 0.3) is 0 Å². The summed E-state index contributed by atoms with van der Waals surface area (Å²) in [6.45, 7) is 0.958. The molecule has 1 aliphatic carbocycles. The fourth-order valence-electron chi connectivity index (χ4n) is 4.08.